The molecule has 4 atom stereocenters. The first-order chi connectivity index (χ1) is 9.53. The fourth-order valence-corrected chi connectivity index (χ4v) is 2.31. The van der Waals surface area contributed by atoms with Crippen molar-refractivity contribution in [2.24, 2.45) is 0 Å². The van der Waals surface area contributed by atoms with E-state index in [2.05, 4.69) is 31.3 Å². The zero-order chi connectivity index (χ0) is 15.1. The van der Waals surface area contributed by atoms with Gasteiger partial charge < -0.3 is 15.5 Å². The number of hydrogen-bond donors (Lipinski definition) is 3. The van der Waals surface area contributed by atoms with Gasteiger partial charge in [-0.25, -0.2) is 0 Å². The zero-order valence-corrected chi connectivity index (χ0v) is 13.1. The van der Waals surface area contributed by atoms with E-state index in [4.69, 9.17) is 0 Å². The Morgan fingerprint density at radius 1 is 1.00 bits per heavy atom. The maximum absolute atomic E-state index is 10.4. The van der Waals surface area contributed by atoms with Gasteiger partial charge >= 0.3 is 0 Å². The number of rotatable bonds is 8. The van der Waals surface area contributed by atoms with Gasteiger partial charge in [0.1, 0.15) is 0 Å². The summed E-state index contributed by atoms with van der Waals surface area (Å²) in [4.78, 5) is 0. The van der Waals surface area contributed by atoms with E-state index in [1.807, 2.05) is 26.0 Å². The molecule has 0 amide bonds. The lowest BCUT2D eigenvalue weighted by Gasteiger charge is -2.25. The molecule has 0 heterocycles. The van der Waals surface area contributed by atoms with Crippen molar-refractivity contribution in [3.8, 4) is 0 Å². The quantitative estimate of drug-likeness (QED) is 0.685. The van der Waals surface area contributed by atoms with E-state index in [9.17, 15) is 10.2 Å². The maximum atomic E-state index is 10.4. The topological polar surface area (TPSA) is 52.5 Å². The minimum atomic E-state index is -0.554. The molecule has 0 aliphatic heterocycles. The first-order valence-electron chi connectivity index (χ1n) is 7.68. The van der Waals surface area contributed by atoms with E-state index < -0.39 is 6.10 Å². The van der Waals surface area contributed by atoms with Crippen LogP contribution in [-0.2, 0) is 0 Å². The van der Waals surface area contributed by atoms with Crippen LogP contribution in [0.25, 0.3) is 0 Å². The van der Waals surface area contributed by atoms with Crippen molar-refractivity contribution in [1.29, 1.82) is 0 Å². The lowest BCUT2D eigenvalue weighted by Crippen LogP contribution is -2.41. The smallest absolute Gasteiger partial charge is 0.0940 e. The molecule has 1 rings (SSSR count). The molecule has 0 aromatic heterocycles. The molecular formula is C17H29NO2. The van der Waals surface area contributed by atoms with Crippen molar-refractivity contribution >= 4 is 0 Å². The van der Waals surface area contributed by atoms with E-state index in [0.29, 0.717) is 5.92 Å². The fraction of sp³-hybridized carbons (Fsp3) is 0.647. The minimum Gasteiger partial charge on any atom is -0.395 e. The summed E-state index contributed by atoms with van der Waals surface area (Å²) in [6.07, 6.45) is 1.41. The average molecular weight is 279 g/mol. The molecule has 0 bridgehead atoms. The Balaban J connectivity index is 2.69. The lowest BCUT2D eigenvalue weighted by atomic mass is 9.95. The molecule has 4 unspecified atom stereocenters. The zero-order valence-electron chi connectivity index (χ0n) is 13.1. The van der Waals surface area contributed by atoms with E-state index in [1.54, 1.807) is 0 Å². The van der Waals surface area contributed by atoms with Crippen LogP contribution in [0.2, 0.25) is 0 Å². The Morgan fingerprint density at radius 3 is 2.00 bits per heavy atom. The normalized spacial score (nSPS) is 17.5. The van der Waals surface area contributed by atoms with E-state index in [1.165, 1.54) is 5.56 Å². The number of aliphatic hydroxyl groups excluding tert-OH is 2. The Hall–Kier alpha value is -0.900. The summed E-state index contributed by atoms with van der Waals surface area (Å²) in [7, 11) is 0. The van der Waals surface area contributed by atoms with E-state index >= 15 is 0 Å². The van der Waals surface area contributed by atoms with Crippen LogP contribution in [-0.4, -0.2) is 28.9 Å². The molecule has 20 heavy (non-hydrogen) atoms. The SMILES string of the molecule is CCC(CO)NC(C)C(O)c1ccc(C(C)CC)cc1. The van der Waals surface area contributed by atoms with Gasteiger partial charge in [-0.15, -0.1) is 0 Å². The highest BCUT2D eigenvalue weighted by Crippen LogP contribution is 2.23. The van der Waals surface area contributed by atoms with Gasteiger partial charge in [0.15, 0.2) is 0 Å². The molecule has 0 fully saturated rings. The van der Waals surface area contributed by atoms with Gasteiger partial charge in [-0.1, -0.05) is 45.0 Å². The molecule has 1 aromatic rings. The van der Waals surface area contributed by atoms with Gasteiger partial charge in [-0.3, -0.25) is 0 Å². The van der Waals surface area contributed by atoms with Crippen LogP contribution in [0.1, 0.15) is 63.7 Å². The molecule has 114 valence electrons. The van der Waals surface area contributed by atoms with Crippen molar-refractivity contribution in [2.75, 3.05) is 6.61 Å². The highest BCUT2D eigenvalue weighted by Gasteiger charge is 2.19. The van der Waals surface area contributed by atoms with Crippen molar-refractivity contribution in [2.45, 2.75) is 64.6 Å². The molecule has 0 aliphatic rings. The molecule has 0 radical (unpaired) electrons. The summed E-state index contributed by atoms with van der Waals surface area (Å²) in [6, 6.07) is 8.17. The fourth-order valence-electron chi connectivity index (χ4n) is 2.31. The van der Waals surface area contributed by atoms with Crippen molar-refractivity contribution in [1.82, 2.24) is 5.32 Å². The molecule has 3 nitrogen and oxygen atoms in total. The second-order valence-corrected chi connectivity index (χ2v) is 5.66. The summed E-state index contributed by atoms with van der Waals surface area (Å²) in [5.41, 5.74) is 2.23. The monoisotopic (exact) mass is 279 g/mol. The second kappa shape index (κ2) is 8.40. The molecule has 1 aromatic carbocycles. The van der Waals surface area contributed by atoms with Gasteiger partial charge in [0, 0.05) is 12.1 Å². The average Bonchev–Trinajstić information content (AvgIpc) is 2.50. The first-order valence-corrected chi connectivity index (χ1v) is 7.68. The van der Waals surface area contributed by atoms with Crippen LogP contribution < -0.4 is 5.32 Å². The third-order valence-corrected chi connectivity index (χ3v) is 4.14. The summed E-state index contributed by atoms with van der Waals surface area (Å²) in [5.74, 6) is 0.551. The lowest BCUT2D eigenvalue weighted by molar-refractivity contribution is 0.118. The molecule has 0 saturated heterocycles. The molecule has 0 spiro atoms. The summed E-state index contributed by atoms with van der Waals surface area (Å²) >= 11 is 0. The minimum absolute atomic E-state index is 0.0408. The Kier molecular flexibility index (Phi) is 7.20. The predicted molar refractivity (Wildman–Crippen MR) is 83.9 cm³/mol. The molecular weight excluding hydrogens is 250 g/mol. The van der Waals surface area contributed by atoms with Gasteiger partial charge in [0.2, 0.25) is 0 Å². The van der Waals surface area contributed by atoms with Crippen molar-refractivity contribution in [3.63, 3.8) is 0 Å². The molecule has 3 heteroatoms. The van der Waals surface area contributed by atoms with Gasteiger partial charge in [0.05, 0.1) is 12.7 Å². The summed E-state index contributed by atoms with van der Waals surface area (Å²) in [6.45, 7) is 8.46. The van der Waals surface area contributed by atoms with E-state index in [-0.39, 0.29) is 18.7 Å². The summed E-state index contributed by atoms with van der Waals surface area (Å²) < 4.78 is 0. The number of nitrogens with one attached hydrogen (secondary N) is 1. The number of benzene rings is 1. The van der Waals surface area contributed by atoms with Crippen molar-refractivity contribution < 1.29 is 10.2 Å². The van der Waals surface area contributed by atoms with Gasteiger partial charge in [0.25, 0.3) is 0 Å². The van der Waals surface area contributed by atoms with Crippen LogP contribution in [0.15, 0.2) is 24.3 Å². The third kappa shape index (κ3) is 4.58. The largest absolute Gasteiger partial charge is 0.395 e. The van der Waals surface area contributed by atoms with Crippen LogP contribution in [0.4, 0.5) is 0 Å². The highest BCUT2D eigenvalue weighted by atomic mass is 16.3. The van der Waals surface area contributed by atoms with Crippen LogP contribution in [0.3, 0.4) is 0 Å². The Bertz CT molecular complexity index is 373. The molecule has 3 N–H and O–H groups in total. The second-order valence-electron chi connectivity index (χ2n) is 5.66. The number of aliphatic hydroxyl groups is 2. The van der Waals surface area contributed by atoms with E-state index in [0.717, 1.165) is 18.4 Å². The first kappa shape index (κ1) is 17.2. The van der Waals surface area contributed by atoms with Crippen LogP contribution in [0.5, 0.6) is 0 Å². The molecule has 0 aliphatic carbocycles. The highest BCUT2D eigenvalue weighted by molar-refractivity contribution is 5.27. The van der Waals surface area contributed by atoms with Crippen LogP contribution in [0, 0.1) is 0 Å². The van der Waals surface area contributed by atoms with Crippen LogP contribution >= 0.6 is 0 Å². The molecule has 0 saturated carbocycles. The van der Waals surface area contributed by atoms with Gasteiger partial charge in [-0.2, -0.15) is 0 Å². The number of hydrogen-bond acceptors (Lipinski definition) is 3. The predicted octanol–water partition coefficient (Wildman–Crippen LogP) is 2.98. The van der Waals surface area contributed by atoms with Crippen molar-refractivity contribution in [3.05, 3.63) is 35.4 Å². The Morgan fingerprint density at radius 2 is 1.55 bits per heavy atom. The standard InChI is InChI=1S/C17H29NO2/c1-5-12(3)14-7-9-15(10-8-14)17(20)13(4)18-16(6-2)11-19/h7-10,12-13,16-20H,5-6,11H2,1-4H3. The maximum Gasteiger partial charge on any atom is 0.0940 e. The third-order valence-electron chi connectivity index (χ3n) is 4.14. The van der Waals surface area contributed by atoms with Gasteiger partial charge in [-0.05, 0) is 36.8 Å². The Labute approximate surface area is 123 Å². The summed E-state index contributed by atoms with van der Waals surface area (Å²) in [5, 5.41) is 22.8.